The molecule has 0 unspecified atom stereocenters. The Morgan fingerprint density at radius 3 is 2.06 bits per heavy atom. The number of aromatic hydroxyl groups is 3. The largest absolute Gasteiger partial charge is 0.508 e. The summed E-state index contributed by atoms with van der Waals surface area (Å²) >= 11 is 0. The first-order chi connectivity index (χ1) is 8.58. The first kappa shape index (κ1) is 12.3. The highest BCUT2D eigenvalue weighted by Crippen LogP contribution is 2.26. The van der Waals surface area contributed by atoms with Gasteiger partial charge >= 0.3 is 0 Å². The molecule has 0 amide bonds. The van der Waals surface area contributed by atoms with Crippen LogP contribution in [0, 0.1) is 0 Å². The first-order valence-electron chi connectivity index (χ1n) is 5.91. The van der Waals surface area contributed by atoms with E-state index in [1.165, 1.54) is 6.07 Å². The van der Waals surface area contributed by atoms with Crippen molar-refractivity contribution in [2.24, 2.45) is 0 Å². The minimum Gasteiger partial charge on any atom is -0.508 e. The Morgan fingerprint density at radius 2 is 1.50 bits per heavy atom. The maximum Gasteiger partial charge on any atom is 0.119 e. The topological polar surface area (TPSA) is 60.7 Å². The van der Waals surface area contributed by atoms with Gasteiger partial charge in [0.2, 0.25) is 0 Å². The second-order valence-corrected chi connectivity index (χ2v) is 4.35. The summed E-state index contributed by atoms with van der Waals surface area (Å²) in [6.45, 7) is 2.03. The van der Waals surface area contributed by atoms with Crippen molar-refractivity contribution >= 4 is 0 Å². The standard InChI is InChI=1S/C15H16O3/c1-2-10-3-4-12(15(18)8-10)5-11-6-13(16)9-14(17)7-11/h3-4,6-9,16-18H,2,5H2,1H3. The van der Waals surface area contributed by atoms with E-state index in [1.54, 1.807) is 18.2 Å². The van der Waals surface area contributed by atoms with Gasteiger partial charge in [0.05, 0.1) is 0 Å². The number of rotatable bonds is 3. The number of benzene rings is 2. The minimum atomic E-state index is 0.0228. The summed E-state index contributed by atoms with van der Waals surface area (Å²) in [5.41, 5.74) is 2.61. The molecule has 3 heteroatoms. The van der Waals surface area contributed by atoms with Crippen molar-refractivity contribution in [3.05, 3.63) is 53.1 Å². The van der Waals surface area contributed by atoms with Gasteiger partial charge in [-0.2, -0.15) is 0 Å². The van der Waals surface area contributed by atoms with Crippen LogP contribution in [0.15, 0.2) is 36.4 Å². The van der Waals surface area contributed by atoms with Crippen LogP contribution in [-0.2, 0) is 12.8 Å². The van der Waals surface area contributed by atoms with E-state index in [0.29, 0.717) is 6.42 Å². The predicted octanol–water partition coefficient (Wildman–Crippen LogP) is 2.96. The summed E-state index contributed by atoms with van der Waals surface area (Å²) in [5, 5.41) is 28.7. The van der Waals surface area contributed by atoms with Crippen LogP contribution in [-0.4, -0.2) is 15.3 Å². The summed E-state index contributed by atoms with van der Waals surface area (Å²) < 4.78 is 0. The van der Waals surface area contributed by atoms with Gasteiger partial charge in [-0.25, -0.2) is 0 Å². The van der Waals surface area contributed by atoms with Crippen molar-refractivity contribution in [1.29, 1.82) is 0 Å². The molecule has 0 spiro atoms. The normalized spacial score (nSPS) is 10.5. The Labute approximate surface area is 106 Å². The molecule has 18 heavy (non-hydrogen) atoms. The second-order valence-electron chi connectivity index (χ2n) is 4.35. The van der Waals surface area contributed by atoms with Gasteiger partial charge in [-0.1, -0.05) is 19.1 Å². The molecule has 0 fully saturated rings. The van der Waals surface area contributed by atoms with Crippen LogP contribution >= 0.6 is 0 Å². The highest BCUT2D eigenvalue weighted by atomic mass is 16.3. The van der Waals surface area contributed by atoms with Crippen molar-refractivity contribution in [1.82, 2.24) is 0 Å². The van der Waals surface area contributed by atoms with E-state index in [0.717, 1.165) is 23.1 Å². The average molecular weight is 244 g/mol. The fourth-order valence-corrected chi connectivity index (χ4v) is 1.96. The Hall–Kier alpha value is -2.16. The smallest absolute Gasteiger partial charge is 0.119 e. The second kappa shape index (κ2) is 5.00. The molecule has 94 valence electrons. The molecule has 0 aliphatic carbocycles. The highest BCUT2D eigenvalue weighted by molar-refractivity contribution is 5.43. The lowest BCUT2D eigenvalue weighted by Gasteiger charge is -2.07. The van der Waals surface area contributed by atoms with Crippen molar-refractivity contribution < 1.29 is 15.3 Å². The van der Waals surface area contributed by atoms with E-state index in [2.05, 4.69) is 0 Å². The van der Waals surface area contributed by atoms with Crippen LogP contribution in [0.4, 0.5) is 0 Å². The fourth-order valence-electron chi connectivity index (χ4n) is 1.96. The average Bonchev–Trinajstić information content (AvgIpc) is 2.30. The number of aryl methyl sites for hydroxylation is 1. The van der Waals surface area contributed by atoms with Gasteiger partial charge in [-0.15, -0.1) is 0 Å². The SMILES string of the molecule is CCc1ccc(Cc2cc(O)cc(O)c2)c(O)c1. The van der Waals surface area contributed by atoms with Gasteiger partial charge in [-0.3, -0.25) is 0 Å². The van der Waals surface area contributed by atoms with E-state index in [-0.39, 0.29) is 17.2 Å². The third kappa shape index (κ3) is 2.74. The molecule has 0 saturated heterocycles. The molecular formula is C15H16O3. The van der Waals surface area contributed by atoms with E-state index in [1.807, 2.05) is 19.1 Å². The summed E-state index contributed by atoms with van der Waals surface area (Å²) in [5.74, 6) is 0.293. The number of phenolic OH excluding ortho intramolecular Hbond substituents is 3. The van der Waals surface area contributed by atoms with E-state index >= 15 is 0 Å². The fraction of sp³-hybridized carbons (Fsp3) is 0.200. The van der Waals surface area contributed by atoms with Gasteiger partial charge in [0.25, 0.3) is 0 Å². The molecule has 2 rings (SSSR count). The summed E-state index contributed by atoms with van der Waals surface area (Å²) in [6, 6.07) is 10.0. The Balaban J connectivity index is 2.28. The molecule has 2 aromatic carbocycles. The summed E-state index contributed by atoms with van der Waals surface area (Å²) in [4.78, 5) is 0. The lowest BCUT2D eigenvalue weighted by molar-refractivity contribution is 0.449. The van der Waals surface area contributed by atoms with Crippen LogP contribution in [0.5, 0.6) is 17.2 Å². The van der Waals surface area contributed by atoms with Gasteiger partial charge in [-0.05, 0) is 41.3 Å². The third-order valence-corrected chi connectivity index (χ3v) is 2.91. The number of hydrogen-bond acceptors (Lipinski definition) is 3. The van der Waals surface area contributed by atoms with E-state index in [9.17, 15) is 15.3 Å². The van der Waals surface area contributed by atoms with Crippen molar-refractivity contribution in [2.75, 3.05) is 0 Å². The molecule has 0 aromatic heterocycles. The molecule has 3 N–H and O–H groups in total. The van der Waals surface area contributed by atoms with Gasteiger partial charge < -0.3 is 15.3 Å². The highest BCUT2D eigenvalue weighted by Gasteiger charge is 2.05. The van der Waals surface area contributed by atoms with Crippen molar-refractivity contribution in [2.45, 2.75) is 19.8 Å². The van der Waals surface area contributed by atoms with E-state index < -0.39 is 0 Å². The van der Waals surface area contributed by atoms with Crippen LogP contribution in [0.2, 0.25) is 0 Å². The molecule has 0 saturated carbocycles. The molecule has 0 heterocycles. The van der Waals surface area contributed by atoms with Crippen LogP contribution in [0.1, 0.15) is 23.6 Å². The van der Waals surface area contributed by atoms with E-state index in [4.69, 9.17) is 0 Å². The Morgan fingerprint density at radius 1 is 0.833 bits per heavy atom. The van der Waals surface area contributed by atoms with Crippen molar-refractivity contribution in [3.8, 4) is 17.2 Å². The number of phenols is 3. The number of hydrogen-bond donors (Lipinski definition) is 3. The zero-order valence-electron chi connectivity index (χ0n) is 10.2. The van der Waals surface area contributed by atoms with Gasteiger partial charge in [0, 0.05) is 12.5 Å². The summed E-state index contributed by atoms with van der Waals surface area (Å²) in [6.07, 6.45) is 1.35. The molecule has 0 aliphatic rings. The summed E-state index contributed by atoms with van der Waals surface area (Å²) in [7, 11) is 0. The molecule has 0 atom stereocenters. The predicted molar refractivity (Wildman–Crippen MR) is 70.1 cm³/mol. The Kier molecular flexibility index (Phi) is 3.42. The van der Waals surface area contributed by atoms with Crippen LogP contribution < -0.4 is 0 Å². The van der Waals surface area contributed by atoms with Gasteiger partial charge in [0.15, 0.2) is 0 Å². The van der Waals surface area contributed by atoms with Gasteiger partial charge in [0.1, 0.15) is 17.2 Å². The zero-order chi connectivity index (χ0) is 13.1. The third-order valence-electron chi connectivity index (χ3n) is 2.91. The lowest BCUT2D eigenvalue weighted by atomic mass is 10.0. The Bertz CT molecular complexity index is 541. The molecular weight excluding hydrogens is 228 g/mol. The first-order valence-corrected chi connectivity index (χ1v) is 5.91. The van der Waals surface area contributed by atoms with Crippen LogP contribution in [0.25, 0.3) is 0 Å². The van der Waals surface area contributed by atoms with Crippen molar-refractivity contribution in [3.63, 3.8) is 0 Å². The molecule has 0 aliphatic heterocycles. The maximum absolute atomic E-state index is 9.90. The monoisotopic (exact) mass is 244 g/mol. The molecule has 3 nitrogen and oxygen atoms in total. The molecule has 2 aromatic rings. The zero-order valence-corrected chi connectivity index (χ0v) is 10.2. The minimum absolute atomic E-state index is 0.0228. The quantitative estimate of drug-likeness (QED) is 0.778. The lowest BCUT2D eigenvalue weighted by Crippen LogP contribution is -1.90. The molecule has 0 radical (unpaired) electrons. The maximum atomic E-state index is 9.90. The molecule has 0 bridgehead atoms. The van der Waals surface area contributed by atoms with Crippen LogP contribution in [0.3, 0.4) is 0 Å².